The van der Waals surface area contributed by atoms with Crippen molar-refractivity contribution in [2.24, 2.45) is 0 Å². The van der Waals surface area contributed by atoms with Crippen molar-refractivity contribution < 1.29 is 22.7 Å². The van der Waals surface area contributed by atoms with Gasteiger partial charge in [-0.3, -0.25) is 13.9 Å². The van der Waals surface area contributed by atoms with Crippen LogP contribution >= 0.6 is 0 Å². The summed E-state index contributed by atoms with van der Waals surface area (Å²) >= 11 is 0. The number of anilines is 1. The number of nitrogens with zero attached hydrogens (tertiary/aromatic N) is 2. The van der Waals surface area contributed by atoms with E-state index in [4.69, 9.17) is 4.74 Å². The van der Waals surface area contributed by atoms with Gasteiger partial charge in [-0.25, -0.2) is 8.42 Å². The molecule has 0 bridgehead atoms. The van der Waals surface area contributed by atoms with Crippen LogP contribution in [0.1, 0.15) is 35.1 Å². The van der Waals surface area contributed by atoms with Gasteiger partial charge in [0.15, 0.2) is 0 Å². The fourth-order valence-corrected chi connectivity index (χ4v) is 5.69. The Morgan fingerprint density at radius 2 is 1.62 bits per heavy atom. The molecule has 0 saturated carbocycles. The molecule has 3 rings (SSSR count). The summed E-state index contributed by atoms with van der Waals surface area (Å²) in [5.41, 5.74) is 4.22. The molecule has 8 nitrogen and oxygen atoms in total. The van der Waals surface area contributed by atoms with Crippen molar-refractivity contribution in [1.82, 2.24) is 10.2 Å². The molecule has 40 heavy (non-hydrogen) atoms. The SMILES string of the molecule is CNC(=O)[C@H](Cc1ccccc1)N(Cc1cccc(OC)c1)C(=O)CCCN(c1cccc(C)c1C)S(C)(=O)=O. The van der Waals surface area contributed by atoms with Crippen LogP contribution in [0.3, 0.4) is 0 Å². The largest absolute Gasteiger partial charge is 0.497 e. The molecular weight excluding hydrogens is 526 g/mol. The van der Waals surface area contributed by atoms with Crippen LogP contribution in [0.25, 0.3) is 0 Å². The van der Waals surface area contributed by atoms with Crippen molar-refractivity contribution in [3.8, 4) is 5.75 Å². The highest BCUT2D eigenvalue weighted by Gasteiger charge is 2.30. The van der Waals surface area contributed by atoms with Gasteiger partial charge in [0.2, 0.25) is 21.8 Å². The summed E-state index contributed by atoms with van der Waals surface area (Å²) in [7, 11) is -0.440. The van der Waals surface area contributed by atoms with Gasteiger partial charge in [0.1, 0.15) is 11.8 Å². The van der Waals surface area contributed by atoms with Crippen molar-refractivity contribution in [2.45, 2.75) is 45.7 Å². The zero-order valence-electron chi connectivity index (χ0n) is 23.9. The summed E-state index contributed by atoms with van der Waals surface area (Å²) < 4.78 is 32.1. The lowest BCUT2D eigenvalue weighted by molar-refractivity contribution is -0.141. The van der Waals surface area contributed by atoms with Gasteiger partial charge in [0.25, 0.3) is 0 Å². The quantitative estimate of drug-likeness (QED) is 0.334. The Kier molecular flexibility index (Phi) is 10.7. The summed E-state index contributed by atoms with van der Waals surface area (Å²) in [5, 5.41) is 2.71. The molecule has 0 radical (unpaired) electrons. The molecule has 0 spiro atoms. The maximum absolute atomic E-state index is 13.8. The van der Waals surface area contributed by atoms with E-state index in [0.29, 0.717) is 24.3 Å². The van der Waals surface area contributed by atoms with Crippen LogP contribution in [-0.2, 0) is 32.6 Å². The molecule has 3 aromatic carbocycles. The summed E-state index contributed by atoms with van der Waals surface area (Å²) in [6, 6.07) is 21.7. The van der Waals surface area contributed by atoms with Crippen LogP contribution in [0.4, 0.5) is 5.69 Å². The fourth-order valence-electron chi connectivity index (χ4n) is 4.68. The number of likely N-dealkylation sites (N-methyl/N-ethyl adjacent to an activating group) is 1. The highest BCUT2D eigenvalue weighted by molar-refractivity contribution is 7.92. The van der Waals surface area contributed by atoms with E-state index in [2.05, 4.69) is 5.32 Å². The van der Waals surface area contributed by atoms with E-state index < -0.39 is 16.1 Å². The van der Waals surface area contributed by atoms with E-state index in [1.165, 1.54) is 10.6 Å². The minimum Gasteiger partial charge on any atom is -0.497 e. The van der Waals surface area contributed by atoms with Gasteiger partial charge >= 0.3 is 0 Å². The van der Waals surface area contributed by atoms with E-state index in [-0.39, 0.29) is 31.3 Å². The van der Waals surface area contributed by atoms with Gasteiger partial charge in [0.05, 0.1) is 19.1 Å². The number of ether oxygens (including phenoxy) is 1. The summed E-state index contributed by atoms with van der Waals surface area (Å²) in [6.07, 6.45) is 1.88. The molecule has 0 heterocycles. The van der Waals surface area contributed by atoms with E-state index in [1.54, 1.807) is 25.1 Å². The Morgan fingerprint density at radius 3 is 2.27 bits per heavy atom. The topological polar surface area (TPSA) is 96.0 Å². The van der Waals surface area contributed by atoms with Crippen LogP contribution < -0.4 is 14.4 Å². The third-order valence-electron chi connectivity index (χ3n) is 7.00. The molecular formula is C31H39N3O5S. The lowest BCUT2D eigenvalue weighted by Crippen LogP contribution is -2.49. The number of sulfonamides is 1. The van der Waals surface area contributed by atoms with Crippen LogP contribution in [-0.4, -0.2) is 58.1 Å². The first-order chi connectivity index (χ1) is 19.0. The van der Waals surface area contributed by atoms with Crippen molar-refractivity contribution in [2.75, 3.05) is 31.3 Å². The van der Waals surface area contributed by atoms with E-state index in [9.17, 15) is 18.0 Å². The smallest absolute Gasteiger partial charge is 0.242 e. The Labute approximate surface area is 238 Å². The minimum absolute atomic E-state index is 0.0726. The first-order valence-corrected chi connectivity index (χ1v) is 15.1. The summed E-state index contributed by atoms with van der Waals surface area (Å²) in [5.74, 6) is 0.150. The maximum atomic E-state index is 13.8. The van der Waals surface area contributed by atoms with Gasteiger partial charge in [-0.15, -0.1) is 0 Å². The molecule has 214 valence electrons. The number of carbonyl (C=O) groups is 2. The van der Waals surface area contributed by atoms with Crippen LogP contribution in [0.15, 0.2) is 72.8 Å². The Bertz CT molecular complexity index is 1410. The zero-order valence-corrected chi connectivity index (χ0v) is 24.7. The fraction of sp³-hybridized carbons (Fsp3) is 0.355. The Balaban J connectivity index is 1.88. The monoisotopic (exact) mass is 565 g/mol. The summed E-state index contributed by atoms with van der Waals surface area (Å²) in [4.78, 5) is 28.5. The van der Waals surface area contributed by atoms with Crippen LogP contribution in [0.5, 0.6) is 5.75 Å². The van der Waals surface area contributed by atoms with E-state index in [1.807, 2.05) is 80.6 Å². The molecule has 0 unspecified atom stereocenters. The number of carbonyl (C=O) groups excluding carboxylic acids is 2. The van der Waals surface area contributed by atoms with E-state index >= 15 is 0 Å². The number of benzene rings is 3. The number of amides is 2. The van der Waals surface area contributed by atoms with Gasteiger partial charge in [0, 0.05) is 33.0 Å². The zero-order chi connectivity index (χ0) is 29.3. The standard InChI is InChI=1S/C31H39N3O5S/c1-23-12-9-17-28(24(23)2)34(40(5,37)38)19-11-18-30(35)33(22-26-15-10-16-27(20-26)39-4)29(31(36)32-3)21-25-13-7-6-8-14-25/h6-10,12-17,20,29H,11,18-19,21-22H2,1-5H3,(H,32,36)/t29-/m0/s1. The first kappa shape index (κ1) is 30.7. The minimum atomic E-state index is -3.58. The second kappa shape index (κ2) is 14.0. The van der Waals surface area contributed by atoms with Crippen molar-refractivity contribution >= 4 is 27.5 Å². The number of hydrogen-bond donors (Lipinski definition) is 1. The lowest BCUT2D eigenvalue weighted by Gasteiger charge is -2.32. The molecule has 0 aliphatic rings. The number of methoxy groups -OCH3 is 1. The Morgan fingerprint density at radius 1 is 0.950 bits per heavy atom. The molecule has 0 aliphatic heterocycles. The van der Waals surface area contributed by atoms with Gasteiger partial charge in [-0.2, -0.15) is 0 Å². The Hall–Kier alpha value is -3.85. The normalized spacial score (nSPS) is 11.9. The summed E-state index contributed by atoms with van der Waals surface area (Å²) in [6.45, 7) is 4.17. The lowest BCUT2D eigenvalue weighted by atomic mass is 10.0. The molecule has 3 aromatic rings. The average molecular weight is 566 g/mol. The van der Waals surface area contributed by atoms with E-state index in [0.717, 1.165) is 22.3 Å². The molecule has 1 atom stereocenters. The first-order valence-electron chi connectivity index (χ1n) is 13.3. The average Bonchev–Trinajstić information content (AvgIpc) is 2.94. The highest BCUT2D eigenvalue weighted by Crippen LogP contribution is 2.26. The molecule has 9 heteroatoms. The molecule has 2 amide bonds. The molecule has 0 fully saturated rings. The van der Waals surface area contributed by atoms with Gasteiger partial charge < -0.3 is 15.0 Å². The number of nitrogens with one attached hydrogen (secondary N) is 1. The van der Waals surface area contributed by atoms with Crippen molar-refractivity contribution in [1.29, 1.82) is 0 Å². The predicted molar refractivity (Wildman–Crippen MR) is 159 cm³/mol. The third-order valence-corrected chi connectivity index (χ3v) is 8.18. The molecule has 0 aliphatic carbocycles. The number of aryl methyl sites for hydroxylation is 1. The second-order valence-corrected chi connectivity index (χ2v) is 11.8. The highest BCUT2D eigenvalue weighted by atomic mass is 32.2. The number of hydrogen-bond acceptors (Lipinski definition) is 5. The van der Waals surface area contributed by atoms with Crippen molar-refractivity contribution in [3.05, 3.63) is 95.1 Å². The second-order valence-electron chi connectivity index (χ2n) is 9.85. The van der Waals surface area contributed by atoms with Gasteiger partial charge in [-0.05, 0) is 60.7 Å². The molecule has 0 saturated heterocycles. The molecule has 0 aromatic heterocycles. The molecule has 1 N–H and O–H groups in total. The number of rotatable bonds is 13. The van der Waals surface area contributed by atoms with Crippen LogP contribution in [0, 0.1) is 13.8 Å². The predicted octanol–water partition coefficient (Wildman–Crippen LogP) is 4.24. The van der Waals surface area contributed by atoms with Crippen LogP contribution in [0.2, 0.25) is 0 Å². The van der Waals surface area contributed by atoms with Gasteiger partial charge in [-0.1, -0.05) is 54.6 Å². The maximum Gasteiger partial charge on any atom is 0.242 e. The van der Waals surface area contributed by atoms with Crippen molar-refractivity contribution in [3.63, 3.8) is 0 Å². The third kappa shape index (κ3) is 8.08.